The van der Waals surface area contributed by atoms with E-state index in [2.05, 4.69) is 5.32 Å². The molecule has 0 aliphatic heterocycles. The highest BCUT2D eigenvalue weighted by Gasteiger charge is 2.35. The third kappa shape index (κ3) is 7.84. The average Bonchev–Trinajstić information content (AvgIpc) is 2.89. The SMILES string of the molecule is CC[C@H](C(=O)NC1CCCCC1)N(Cc1c(Cl)cccc1Cl)C(=O)CN(c1ccc(F)cc1)S(=O)(=O)N(C)C. The van der Waals surface area contributed by atoms with Crippen molar-refractivity contribution in [2.75, 3.05) is 24.9 Å². The molecule has 12 heteroatoms. The van der Waals surface area contributed by atoms with Crippen molar-refractivity contribution in [1.82, 2.24) is 14.5 Å². The van der Waals surface area contributed by atoms with Crippen molar-refractivity contribution < 1.29 is 22.4 Å². The van der Waals surface area contributed by atoms with Crippen LogP contribution >= 0.6 is 23.2 Å². The van der Waals surface area contributed by atoms with Gasteiger partial charge in [-0.2, -0.15) is 12.7 Å². The van der Waals surface area contributed by atoms with Crippen LogP contribution in [-0.4, -0.2) is 62.2 Å². The molecule has 2 aromatic carbocycles. The Morgan fingerprint density at radius 3 is 2.15 bits per heavy atom. The molecular weight excluding hydrogens is 566 g/mol. The summed E-state index contributed by atoms with van der Waals surface area (Å²) in [6.45, 7) is 1.06. The number of carbonyl (C=O) groups is 2. The molecule has 1 fully saturated rings. The summed E-state index contributed by atoms with van der Waals surface area (Å²) in [5.74, 6) is -1.50. The van der Waals surface area contributed by atoms with E-state index in [1.54, 1.807) is 25.1 Å². The lowest BCUT2D eigenvalue weighted by molar-refractivity contribution is -0.140. The van der Waals surface area contributed by atoms with Gasteiger partial charge in [0.1, 0.15) is 18.4 Å². The third-order valence-electron chi connectivity index (χ3n) is 6.86. The Kier molecular flexibility index (Phi) is 11.0. The number of hydrogen-bond acceptors (Lipinski definition) is 4. The fourth-order valence-electron chi connectivity index (χ4n) is 4.64. The summed E-state index contributed by atoms with van der Waals surface area (Å²) in [7, 11) is -1.48. The average molecular weight is 602 g/mol. The predicted molar refractivity (Wildman–Crippen MR) is 152 cm³/mol. The van der Waals surface area contributed by atoms with E-state index in [1.165, 1.54) is 31.1 Å². The maximum Gasteiger partial charge on any atom is 0.304 e. The first-order valence-corrected chi connectivity index (χ1v) is 15.1. The number of carbonyl (C=O) groups excluding carboxylic acids is 2. The quantitative estimate of drug-likeness (QED) is 0.393. The maximum atomic E-state index is 13.9. The summed E-state index contributed by atoms with van der Waals surface area (Å²) < 4.78 is 42.0. The summed E-state index contributed by atoms with van der Waals surface area (Å²) in [4.78, 5) is 28.8. The van der Waals surface area contributed by atoms with Gasteiger partial charge in [0.25, 0.3) is 0 Å². The van der Waals surface area contributed by atoms with Gasteiger partial charge in [0, 0.05) is 42.3 Å². The molecule has 0 unspecified atom stereocenters. The molecule has 1 aliphatic rings. The summed E-state index contributed by atoms with van der Waals surface area (Å²) >= 11 is 12.8. The van der Waals surface area contributed by atoms with Crippen LogP contribution < -0.4 is 9.62 Å². The van der Waals surface area contributed by atoms with Crippen LogP contribution in [0, 0.1) is 5.82 Å². The van der Waals surface area contributed by atoms with Crippen molar-refractivity contribution in [2.45, 2.75) is 64.1 Å². The number of nitrogens with one attached hydrogen (secondary N) is 1. The molecule has 0 heterocycles. The number of halogens is 3. The van der Waals surface area contributed by atoms with Crippen LogP contribution in [0.5, 0.6) is 0 Å². The van der Waals surface area contributed by atoms with Crippen molar-refractivity contribution in [3.63, 3.8) is 0 Å². The smallest absolute Gasteiger partial charge is 0.304 e. The molecule has 0 bridgehead atoms. The molecule has 1 atom stereocenters. The van der Waals surface area contributed by atoms with Crippen molar-refractivity contribution >= 4 is 50.9 Å². The second-order valence-electron chi connectivity index (χ2n) is 9.76. The molecule has 8 nitrogen and oxygen atoms in total. The first-order chi connectivity index (χ1) is 18.4. The lowest BCUT2D eigenvalue weighted by Gasteiger charge is -2.35. The fraction of sp³-hybridized carbons (Fsp3) is 0.481. The summed E-state index contributed by atoms with van der Waals surface area (Å²) in [6.07, 6.45) is 5.18. The van der Waals surface area contributed by atoms with Crippen LogP contribution in [0.25, 0.3) is 0 Å². The second kappa shape index (κ2) is 13.8. The summed E-state index contributed by atoms with van der Waals surface area (Å²) in [5, 5.41) is 3.72. The lowest BCUT2D eigenvalue weighted by atomic mass is 9.95. The predicted octanol–water partition coefficient (Wildman–Crippen LogP) is 5.00. The molecule has 3 rings (SSSR count). The fourth-order valence-corrected chi connectivity index (χ4v) is 6.21. The highest BCUT2D eigenvalue weighted by atomic mass is 35.5. The number of nitrogens with zero attached hydrogens (tertiary/aromatic N) is 3. The largest absolute Gasteiger partial charge is 0.352 e. The van der Waals surface area contributed by atoms with Crippen LogP contribution in [0.2, 0.25) is 10.0 Å². The van der Waals surface area contributed by atoms with Gasteiger partial charge in [0.15, 0.2) is 0 Å². The highest BCUT2D eigenvalue weighted by molar-refractivity contribution is 7.90. The molecule has 214 valence electrons. The number of benzene rings is 2. The third-order valence-corrected chi connectivity index (χ3v) is 9.39. The Morgan fingerprint density at radius 2 is 1.62 bits per heavy atom. The van der Waals surface area contributed by atoms with E-state index < -0.39 is 34.5 Å². The Hall–Kier alpha value is -2.40. The van der Waals surface area contributed by atoms with Gasteiger partial charge >= 0.3 is 10.2 Å². The first kappa shape index (κ1) is 31.1. The van der Waals surface area contributed by atoms with E-state index in [-0.39, 0.29) is 30.6 Å². The minimum atomic E-state index is -4.15. The molecular formula is C27H35Cl2FN4O4S. The minimum Gasteiger partial charge on any atom is -0.352 e. The van der Waals surface area contributed by atoms with Crippen LogP contribution in [0.15, 0.2) is 42.5 Å². The number of amides is 2. The molecule has 1 aliphatic carbocycles. The van der Waals surface area contributed by atoms with Crippen molar-refractivity contribution in [3.05, 3.63) is 63.9 Å². The Balaban J connectivity index is 2.00. The van der Waals surface area contributed by atoms with Crippen molar-refractivity contribution in [1.29, 1.82) is 0 Å². The van der Waals surface area contributed by atoms with Gasteiger partial charge in [-0.1, -0.05) is 55.5 Å². The molecule has 1 saturated carbocycles. The Labute approximate surface area is 240 Å². The van der Waals surface area contributed by atoms with Gasteiger partial charge in [0.2, 0.25) is 11.8 Å². The number of anilines is 1. The monoisotopic (exact) mass is 600 g/mol. The molecule has 2 amide bonds. The molecule has 39 heavy (non-hydrogen) atoms. The van der Waals surface area contributed by atoms with Crippen LogP contribution in [0.1, 0.15) is 51.0 Å². The van der Waals surface area contributed by atoms with E-state index in [0.29, 0.717) is 15.6 Å². The molecule has 2 aromatic rings. The van der Waals surface area contributed by atoms with Gasteiger partial charge in [-0.15, -0.1) is 0 Å². The standard InChI is InChI=1S/C27H35Cl2FN4O4S/c1-4-25(27(36)31-20-9-6-5-7-10-20)33(17-22-23(28)11-8-12-24(22)29)26(35)18-34(39(37,38)32(2)3)21-15-13-19(30)14-16-21/h8,11-16,20,25H,4-7,9-10,17-18H2,1-3H3,(H,31,36)/t25-/m1/s1. The summed E-state index contributed by atoms with van der Waals surface area (Å²) in [5.41, 5.74) is 0.552. The maximum absolute atomic E-state index is 13.9. The molecule has 0 radical (unpaired) electrons. The van der Waals surface area contributed by atoms with Crippen LogP contribution in [0.4, 0.5) is 10.1 Å². The molecule has 1 N–H and O–H groups in total. The lowest BCUT2D eigenvalue weighted by Crippen LogP contribution is -2.54. The van der Waals surface area contributed by atoms with E-state index in [0.717, 1.165) is 52.8 Å². The second-order valence-corrected chi connectivity index (χ2v) is 12.6. The normalized spacial score (nSPS) is 15.2. The molecule has 0 aromatic heterocycles. The minimum absolute atomic E-state index is 0.0194. The van der Waals surface area contributed by atoms with E-state index >= 15 is 0 Å². The zero-order chi connectivity index (χ0) is 28.7. The number of hydrogen-bond donors (Lipinski definition) is 1. The molecule has 0 spiro atoms. The first-order valence-electron chi connectivity index (χ1n) is 12.9. The zero-order valence-electron chi connectivity index (χ0n) is 22.4. The number of rotatable bonds is 11. The topological polar surface area (TPSA) is 90.0 Å². The van der Waals surface area contributed by atoms with Gasteiger partial charge in [-0.25, -0.2) is 8.70 Å². The van der Waals surface area contributed by atoms with Gasteiger partial charge < -0.3 is 10.2 Å². The van der Waals surface area contributed by atoms with Crippen LogP contribution in [-0.2, 0) is 26.3 Å². The van der Waals surface area contributed by atoms with Gasteiger partial charge in [0.05, 0.1) is 5.69 Å². The van der Waals surface area contributed by atoms with Crippen molar-refractivity contribution in [2.24, 2.45) is 0 Å². The van der Waals surface area contributed by atoms with Gasteiger partial charge in [-0.05, 0) is 55.7 Å². The Morgan fingerprint density at radius 1 is 1.03 bits per heavy atom. The Bertz CT molecular complexity index is 1230. The zero-order valence-corrected chi connectivity index (χ0v) is 24.7. The van der Waals surface area contributed by atoms with E-state index in [1.807, 2.05) is 0 Å². The van der Waals surface area contributed by atoms with Gasteiger partial charge in [-0.3, -0.25) is 9.59 Å². The van der Waals surface area contributed by atoms with Crippen LogP contribution in [0.3, 0.4) is 0 Å². The highest BCUT2D eigenvalue weighted by Crippen LogP contribution is 2.28. The van der Waals surface area contributed by atoms with E-state index in [9.17, 15) is 22.4 Å². The van der Waals surface area contributed by atoms with Crippen molar-refractivity contribution in [3.8, 4) is 0 Å². The van der Waals surface area contributed by atoms with E-state index in [4.69, 9.17) is 23.2 Å². The molecule has 0 saturated heterocycles. The summed E-state index contributed by atoms with van der Waals surface area (Å²) in [6, 6.07) is 8.86.